The van der Waals surface area contributed by atoms with Crippen LogP contribution in [0.4, 0.5) is 4.79 Å². The highest BCUT2D eigenvalue weighted by Crippen LogP contribution is 2.24. The summed E-state index contributed by atoms with van der Waals surface area (Å²) in [5, 5.41) is 5.91. The number of rotatable bonds is 5. The molecular formula is C21H22N4O4. The molecule has 0 aliphatic heterocycles. The lowest BCUT2D eigenvalue weighted by Crippen LogP contribution is -2.47. The van der Waals surface area contributed by atoms with Crippen LogP contribution in [0.25, 0.3) is 11.0 Å². The fraction of sp³-hybridized carbons (Fsp3) is 0.190. The van der Waals surface area contributed by atoms with Gasteiger partial charge >= 0.3 is 11.9 Å². The molecule has 0 aliphatic carbocycles. The van der Waals surface area contributed by atoms with Gasteiger partial charge in [0.15, 0.2) is 5.76 Å². The van der Waals surface area contributed by atoms with Crippen molar-refractivity contribution < 1.29 is 18.8 Å². The van der Waals surface area contributed by atoms with Crippen molar-refractivity contribution in [3.8, 4) is 0 Å². The molecule has 3 aromatic rings. The Kier molecular flexibility index (Phi) is 6.13. The van der Waals surface area contributed by atoms with Gasteiger partial charge in [0.05, 0.1) is 0 Å². The third kappa shape index (κ3) is 5.13. The average Bonchev–Trinajstić information content (AvgIpc) is 3.07. The van der Waals surface area contributed by atoms with Gasteiger partial charge in [-0.3, -0.25) is 20.4 Å². The third-order valence-electron chi connectivity index (χ3n) is 4.35. The minimum Gasteiger partial charge on any atom is -0.451 e. The van der Waals surface area contributed by atoms with Crippen molar-refractivity contribution in [2.45, 2.75) is 20.4 Å². The summed E-state index contributed by atoms with van der Waals surface area (Å²) in [6, 6.07) is 14.5. The van der Waals surface area contributed by atoms with Crippen LogP contribution in [0, 0.1) is 13.8 Å². The molecule has 0 spiro atoms. The molecule has 150 valence electrons. The number of carbonyl (C=O) groups excluding carboxylic acids is 3. The van der Waals surface area contributed by atoms with Gasteiger partial charge in [0.2, 0.25) is 0 Å². The molecule has 0 saturated carbocycles. The second-order valence-corrected chi connectivity index (χ2v) is 6.58. The van der Waals surface area contributed by atoms with Gasteiger partial charge in [-0.2, -0.15) is 0 Å². The fourth-order valence-electron chi connectivity index (χ4n) is 2.73. The van der Waals surface area contributed by atoms with Crippen molar-refractivity contribution >= 4 is 28.8 Å². The molecule has 1 aromatic heterocycles. The number of aryl methyl sites for hydroxylation is 2. The summed E-state index contributed by atoms with van der Waals surface area (Å²) in [6.45, 7) is 3.80. The lowest BCUT2D eigenvalue weighted by molar-refractivity contribution is -0.120. The van der Waals surface area contributed by atoms with Crippen molar-refractivity contribution in [1.29, 1.82) is 0 Å². The van der Waals surface area contributed by atoms with E-state index < -0.39 is 17.8 Å². The fourth-order valence-corrected chi connectivity index (χ4v) is 2.73. The van der Waals surface area contributed by atoms with E-state index in [-0.39, 0.29) is 12.3 Å². The summed E-state index contributed by atoms with van der Waals surface area (Å²) in [5.74, 6) is -1.02. The van der Waals surface area contributed by atoms with Gasteiger partial charge in [-0.15, -0.1) is 0 Å². The zero-order chi connectivity index (χ0) is 20.8. The van der Waals surface area contributed by atoms with Gasteiger partial charge in [0.25, 0.3) is 5.91 Å². The molecule has 0 fully saturated rings. The van der Waals surface area contributed by atoms with Crippen LogP contribution in [0.2, 0.25) is 0 Å². The van der Waals surface area contributed by atoms with E-state index in [1.807, 2.05) is 49.4 Å². The average molecular weight is 394 g/mol. The Hall–Kier alpha value is -3.81. The molecule has 29 heavy (non-hydrogen) atoms. The van der Waals surface area contributed by atoms with E-state index in [0.717, 1.165) is 16.5 Å². The topological polar surface area (TPSA) is 112 Å². The van der Waals surface area contributed by atoms with Crippen molar-refractivity contribution in [2.24, 2.45) is 0 Å². The van der Waals surface area contributed by atoms with Crippen LogP contribution in [-0.4, -0.2) is 24.4 Å². The Morgan fingerprint density at radius 3 is 2.34 bits per heavy atom. The Labute approximate surface area is 167 Å². The first-order valence-electron chi connectivity index (χ1n) is 9.08. The van der Waals surface area contributed by atoms with Gasteiger partial charge in [-0.1, -0.05) is 48.0 Å². The summed E-state index contributed by atoms with van der Waals surface area (Å²) in [5.41, 5.74) is 7.88. The molecule has 0 radical (unpaired) electrons. The molecule has 1 heterocycles. The third-order valence-corrected chi connectivity index (χ3v) is 4.35. The normalized spacial score (nSPS) is 10.4. The number of benzene rings is 2. The molecule has 8 heteroatoms. The van der Waals surface area contributed by atoms with Crippen molar-refractivity contribution in [3.63, 3.8) is 0 Å². The molecule has 8 nitrogen and oxygen atoms in total. The van der Waals surface area contributed by atoms with E-state index in [9.17, 15) is 14.4 Å². The lowest BCUT2D eigenvalue weighted by atomic mass is 10.1. The highest BCUT2D eigenvalue weighted by molar-refractivity contribution is 5.99. The van der Waals surface area contributed by atoms with Crippen molar-refractivity contribution in [1.82, 2.24) is 21.5 Å². The summed E-state index contributed by atoms with van der Waals surface area (Å²) in [7, 11) is 0. The highest BCUT2D eigenvalue weighted by atomic mass is 16.3. The molecule has 4 N–H and O–H groups in total. The number of fused-ring (bicyclic) bond motifs is 1. The number of hydrazine groups is 1. The van der Waals surface area contributed by atoms with Crippen LogP contribution in [-0.2, 0) is 11.3 Å². The standard InChI is InChI=1S/C21H22N4O4/c1-13-7-9-15(10-8-13)11-22-21(28)23-12-18(26)24-25-20(27)19-14(2)16-5-3-4-6-17(16)29-19/h3-10H,11-12H2,1-2H3,(H,24,26)(H,25,27)(H2,22,23,28). The van der Waals surface area contributed by atoms with E-state index in [1.165, 1.54) is 0 Å². The van der Waals surface area contributed by atoms with E-state index in [1.54, 1.807) is 13.0 Å². The Morgan fingerprint density at radius 2 is 1.62 bits per heavy atom. The van der Waals surface area contributed by atoms with Crippen LogP contribution in [0.5, 0.6) is 0 Å². The first kappa shape index (κ1) is 19.9. The Balaban J connectivity index is 1.42. The number of carbonyl (C=O) groups is 3. The van der Waals surface area contributed by atoms with E-state index in [2.05, 4.69) is 21.5 Å². The van der Waals surface area contributed by atoms with Gasteiger partial charge in [-0.25, -0.2) is 4.79 Å². The maximum atomic E-state index is 12.2. The zero-order valence-electron chi connectivity index (χ0n) is 16.2. The monoisotopic (exact) mass is 394 g/mol. The van der Waals surface area contributed by atoms with Crippen LogP contribution in [0.15, 0.2) is 52.9 Å². The summed E-state index contributed by atoms with van der Waals surface area (Å²) >= 11 is 0. The zero-order valence-corrected chi connectivity index (χ0v) is 16.2. The predicted octanol–water partition coefficient (Wildman–Crippen LogP) is 2.31. The number of amides is 4. The quantitative estimate of drug-likeness (QED) is 0.498. The molecule has 0 atom stereocenters. The molecule has 0 unspecified atom stereocenters. The van der Waals surface area contributed by atoms with Crippen molar-refractivity contribution in [2.75, 3.05) is 6.54 Å². The molecule has 3 rings (SSSR count). The molecule has 0 saturated heterocycles. The number of urea groups is 1. The SMILES string of the molecule is Cc1ccc(CNC(=O)NCC(=O)NNC(=O)c2oc3ccccc3c2C)cc1. The molecule has 2 aromatic carbocycles. The lowest BCUT2D eigenvalue weighted by Gasteiger charge is -2.09. The Morgan fingerprint density at radius 1 is 0.897 bits per heavy atom. The van der Waals surface area contributed by atoms with Gasteiger partial charge in [0, 0.05) is 17.5 Å². The maximum absolute atomic E-state index is 12.2. The first-order valence-corrected chi connectivity index (χ1v) is 9.08. The van der Waals surface area contributed by atoms with Crippen LogP contribution in [0.3, 0.4) is 0 Å². The maximum Gasteiger partial charge on any atom is 0.315 e. The number of hydrogen-bond acceptors (Lipinski definition) is 4. The molecule has 0 bridgehead atoms. The summed E-state index contributed by atoms with van der Waals surface area (Å²) < 4.78 is 5.53. The minimum absolute atomic E-state index is 0.121. The largest absolute Gasteiger partial charge is 0.451 e. The van der Waals surface area contributed by atoms with E-state index in [4.69, 9.17) is 4.42 Å². The summed E-state index contributed by atoms with van der Waals surface area (Å²) in [6.07, 6.45) is 0. The minimum atomic E-state index is -0.573. The van der Waals surface area contributed by atoms with E-state index in [0.29, 0.717) is 17.7 Å². The number of nitrogens with one attached hydrogen (secondary N) is 4. The second kappa shape index (κ2) is 8.92. The highest BCUT2D eigenvalue weighted by Gasteiger charge is 2.17. The molecule has 4 amide bonds. The van der Waals surface area contributed by atoms with Gasteiger partial charge in [0.1, 0.15) is 12.1 Å². The molecular weight excluding hydrogens is 372 g/mol. The van der Waals surface area contributed by atoms with Crippen LogP contribution >= 0.6 is 0 Å². The predicted molar refractivity (Wildman–Crippen MR) is 108 cm³/mol. The smallest absolute Gasteiger partial charge is 0.315 e. The second-order valence-electron chi connectivity index (χ2n) is 6.58. The Bertz CT molecular complexity index is 1040. The first-order chi connectivity index (χ1) is 13.9. The van der Waals surface area contributed by atoms with Crippen LogP contribution in [0.1, 0.15) is 27.2 Å². The van der Waals surface area contributed by atoms with Gasteiger partial charge < -0.3 is 15.1 Å². The number of furan rings is 1. The van der Waals surface area contributed by atoms with Gasteiger partial charge in [-0.05, 0) is 25.5 Å². The van der Waals surface area contributed by atoms with Crippen molar-refractivity contribution in [3.05, 3.63) is 71.0 Å². The van der Waals surface area contributed by atoms with Crippen LogP contribution < -0.4 is 21.5 Å². The molecule has 0 aliphatic rings. The number of para-hydroxylation sites is 1. The van der Waals surface area contributed by atoms with E-state index >= 15 is 0 Å². The summed E-state index contributed by atoms with van der Waals surface area (Å²) in [4.78, 5) is 35.9. The number of hydrogen-bond donors (Lipinski definition) is 4.